The summed E-state index contributed by atoms with van der Waals surface area (Å²) < 4.78 is 27.6. The van der Waals surface area contributed by atoms with Crippen LogP contribution in [0.5, 0.6) is 11.5 Å². The van der Waals surface area contributed by atoms with E-state index in [1.165, 1.54) is 16.8 Å². The molecule has 0 fully saturated rings. The predicted molar refractivity (Wildman–Crippen MR) is 160 cm³/mol. The van der Waals surface area contributed by atoms with Crippen molar-refractivity contribution in [3.05, 3.63) is 142 Å². The smallest absolute Gasteiger partial charge is 0.270 e. The Hall–Kier alpha value is -4.39. The molecule has 0 N–H and O–H groups in total. The molecule has 1 atom stereocenters. The van der Waals surface area contributed by atoms with Gasteiger partial charge in [0.25, 0.3) is 5.91 Å². The van der Waals surface area contributed by atoms with E-state index in [2.05, 4.69) is 5.10 Å². The summed E-state index contributed by atoms with van der Waals surface area (Å²) in [5, 5.41) is 5.46. The second kappa shape index (κ2) is 12.9. The van der Waals surface area contributed by atoms with Crippen LogP contribution < -0.4 is 9.47 Å². The van der Waals surface area contributed by atoms with E-state index < -0.39 is 6.10 Å². The number of nitrogens with zero attached hydrogens (tertiary/aromatic N) is 2. The van der Waals surface area contributed by atoms with Gasteiger partial charge >= 0.3 is 0 Å². The molecule has 0 saturated heterocycles. The monoisotopic (exact) mass is 586 g/mol. The molecule has 5 nitrogen and oxygen atoms in total. The average molecular weight is 587 g/mol. The molecule has 0 aliphatic heterocycles. The highest BCUT2D eigenvalue weighted by molar-refractivity contribution is 6.35. The first-order chi connectivity index (χ1) is 19.9. The van der Waals surface area contributed by atoms with Crippen LogP contribution >= 0.6 is 23.2 Å². The van der Waals surface area contributed by atoms with E-state index in [0.717, 1.165) is 16.7 Å². The number of aromatic nitrogens is 2. The van der Waals surface area contributed by atoms with Crippen LogP contribution in [0.3, 0.4) is 0 Å². The van der Waals surface area contributed by atoms with Crippen LogP contribution in [-0.4, -0.2) is 15.7 Å². The van der Waals surface area contributed by atoms with Gasteiger partial charge in [0.1, 0.15) is 35.7 Å². The van der Waals surface area contributed by atoms with Gasteiger partial charge in [-0.05, 0) is 66.6 Å². The average Bonchev–Trinajstić information content (AvgIpc) is 3.48. The van der Waals surface area contributed by atoms with E-state index in [0.29, 0.717) is 39.4 Å². The number of allylic oxidation sites excluding steroid dienone is 1. The SMILES string of the molecule is CC(Oc1ccc(-c2ccccc2)c(F)c1)c1ccn(C(=O)/C=C/c2ccc(OCc3ccc(Cl)cc3Cl)cc2)n1. The third kappa shape index (κ3) is 7.23. The summed E-state index contributed by atoms with van der Waals surface area (Å²) in [4.78, 5) is 12.7. The Bertz CT molecular complexity index is 1690. The van der Waals surface area contributed by atoms with E-state index >= 15 is 0 Å². The zero-order valence-corrected chi connectivity index (χ0v) is 23.5. The van der Waals surface area contributed by atoms with E-state index in [-0.39, 0.29) is 11.7 Å². The first-order valence-corrected chi connectivity index (χ1v) is 13.6. The van der Waals surface area contributed by atoms with Crippen molar-refractivity contribution in [2.75, 3.05) is 0 Å². The molecule has 41 heavy (non-hydrogen) atoms. The molecule has 1 aromatic heterocycles. The van der Waals surface area contributed by atoms with Gasteiger partial charge in [-0.3, -0.25) is 4.79 Å². The molecule has 8 heteroatoms. The normalized spacial score (nSPS) is 11.9. The number of benzene rings is 4. The van der Waals surface area contributed by atoms with Crippen molar-refractivity contribution in [2.24, 2.45) is 0 Å². The highest BCUT2D eigenvalue weighted by atomic mass is 35.5. The van der Waals surface area contributed by atoms with Gasteiger partial charge in [-0.15, -0.1) is 0 Å². The van der Waals surface area contributed by atoms with Gasteiger partial charge in [0.05, 0.1) is 0 Å². The lowest BCUT2D eigenvalue weighted by Gasteiger charge is -2.13. The summed E-state index contributed by atoms with van der Waals surface area (Å²) in [5.74, 6) is 0.343. The lowest BCUT2D eigenvalue weighted by Crippen LogP contribution is -2.10. The van der Waals surface area contributed by atoms with Crippen molar-refractivity contribution in [3.8, 4) is 22.6 Å². The molecule has 0 aliphatic rings. The zero-order chi connectivity index (χ0) is 28.8. The summed E-state index contributed by atoms with van der Waals surface area (Å²) in [6, 6.07) is 28.3. The molecular weight excluding hydrogens is 562 g/mol. The van der Waals surface area contributed by atoms with E-state index in [1.54, 1.807) is 49.5 Å². The second-order valence-corrected chi connectivity index (χ2v) is 10.1. The van der Waals surface area contributed by atoms with Gasteiger partial charge < -0.3 is 9.47 Å². The maximum atomic E-state index is 14.7. The Labute approximate surface area is 247 Å². The summed E-state index contributed by atoms with van der Waals surface area (Å²) in [6.45, 7) is 2.10. The molecule has 1 heterocycles. The van der Waals surface area contributed by atoms with Crippen molar-refractivity contribution < 1.29 is 18.7 Å². The third-order valence-corrected chi connectivity index (χ3v) is 6.89. The standard InChI is InChI=1S/C33H25Cl2FN2O3/c1-22(41-28-14-15-29(31(36)20-28)24-5-3-2-4-6-24)32-17-18-38(37-32)33(39)16-9-23-7-12-27(13-8-23)40-21-25-10-11-26(34)19-30(25)35/h2-20,22H,21H2,1H3/b16-9+. The predicted octanol–water partition coefficient (Wildman–Crippen LogP) is 9.07. The fourth-order valence-electron chi connectivity index (χ4n) is 4.08. The van der Waals surface area contributed by atoms with Crippen LogP contribution in [0.25, 0.3) is 17.2 Å². The van der Waals surface area contributed by atoms with Gasteiger partial charge in [0.15, 0.2) is 0 Å². The van der Waals surface area contributed by atoms with E-state index in [4.69, 9.17) is 32.7 Å². The molecule has 0 amide bonds. The number of hydrogen-bond donors (Lipinski definition) is 0. The third-order valence-electron chi connectivity index (χ3n) is 6.30. The molecule has 0 saturated carbocycles. The topological polar surface area (TPSA) is 53.4 Å². The molecule has 5 aromatic rings. The van der Waals surface area contributed by atoms with Gasteiger partial charge in [-0.1, -0.05) is 71.7 Å². The summed E-state index contributed by atoms with van der Waals surface area (Å²) >= 11 is 12.1. The number of hydrogen-bond acceptors (Lipinski definition) is 4. The van der Waals surface area contributed by atoms with Gasteiger partial charge in [-0.25, -0.2) is 9.07 Å². The van der Waals surface area contributed by atoms with E-state index in [1.807, 2.05) is 60.7 Å². The number of carbonyl (C=O) groups is 1. The molecule has 5 rings (SSSR count). The van der Waals surface area contributed by atoms with Crippen LogP contribution in [0.4, 0.5) is 4.39 Å². The van der Waals surface area contributed by atoms with Crippen molar-refractivity contribution >= 4 is 35.2 Å². The fourth-order valence-corrected chi connectivity index (χ4v) is 4.54. The van der Waals surface area contributed by atoms with Crippen molar-refractivity contribution in [2.45, 2.75) is 19.6 Å². The van der Waals surface area contributed by atoms with Gasteiger partial charge in [-0.2, -0.15) is 5.10 Å². The van der Waals surface area contributed by atoms with Crippen LogP contribution in [0, 0.1) is 5.82 Å². The van der Waals surface area contributed by atoms with Crippen LogP contribution in [0.1, 0.15) is 34.6 Å². The highest BCUT2D eigenvalue weighted by Gasteiger charge is 2.14. The maximum Gasteiger partial charge on any atom is 0.270 e. The molecule has 206 valence electrons. The quantitative estimate of drug-likeness (QED) is 0.162. The maximum absolute atomic E-state index is 14.7. The first kappa shape index (κ1) is 28.1. The first-order valence-electron chi connectivity index (χ1n) is 12.8. The van der Waals surface area contributed by atoms with Crippen molar-refractivity contribution in [1.82, 2.24) is 9.78 Å². The highest BCUT2D eigenvalue weighted by Crippen LogP contribution is 2.28. The van der Waals surface area contributed by atoms with Crippen LogP contribution in [0.2, 0.25) is 10.0 Å². The minimum absolute atomic E-state index is 0.307. The summed E-state index contributed by atoms with van der Waals surface area (Å²) in [7, 11) is 0. The largest absolute Gasteiger partial charge is 0.489 e. The number of halogens is 3. The minimum Gasteiger partial charge on any atom is -0.489 e. The number of carbonyl (C=O) groups excluding carboxylic acids is 1. The Kier molecular flexibility index (Phi) is 8.82. The Morgan fingerprint density at radius 1 is 0.951 bits per heavy atom. The molecule has 1 unspecified atom stereocenters. The fraction of sp³-hybridized carbons (Fsp3) is 0.0909. The van der Waals surface area contributed by atoms with Crippen LogP contribution in [-0.2, 0) is 6.61 Å². The lowest BCUT2D eigenvalue weighted by atomic mass is 10.1. The Morgan fingerprint density at radius 2 is 1.71 bits per heavy atom. The minimum atomic E-state index is -0.495. The van der Waals surface area contributed by atoms with Crippen LogP contribution in [0.15, 0.2) is 109 Å². The van der Waals surface area contributed by atoms with Crippen molar-refractivity contribution in [3.63, 3.8) is 0 Å². The Balaban J connectivity index is 1.16. The summed E-state index contributed by atoms with van der Waals surface area (Å²) in [6.07, 6.45) is 4.20. The summed E-state index contributed by atoms with van der Waals surface area (Å²) in [5.41, 5.74) is 3.48. The molecule has 0 spiro atoms. The molecular formula is C33H25Cl2FN2O3. The number of rotatable bonds is 9. The Morgan fingerprint density at radius 3 is 2.44 bits per heavy atom. The molecule has 0 aliphatic carbocycles. The number of ether oxygens (including phenoxy) is 2. The second-order valence-electron chi connectivity index (χ2n) is 9.22. The molecule has 0 bridgehead atoms. The molecule has 4 aromatic carbocycles. The van der Waals surface area contributed by atoms with Gasteiger partial charge in [0.2, 0.25) is 0 Å². The molecule has 0 radical (unpaired) electrons. The van der Waals surface area contributed by atoms with Crippen molar-refractivity contribution in [1.29, 1.82) is 0 Å². The van der Waals surface area contributed by atoms with E-state index in [9.17, 15) is 9.18 Å². The zero-order valence-electron chi connectivity index (χ0n) is 22.0. The van der Waals surface area contributed by atoms with Gasteiger partial charge in [0, 0.05) is 39.5 Å². The lowest BCUT2D eigenvalue weighted by molar-refractivity contribution is 0.0953.